The van der Waals surface area contributed by atoms with Gasteiger partial charge in [0.25, 0.3) is 0 Å². The van der Waals surface area contributed by atoms with E-state index in [9.17, 15) is 14.7 Å². The first-order valence-electron chi connectivity index (χ1n) is 8.15. The smallest absolute Gasteiger partial charge is 0.339 e. The normalized spacial score (nSPS) is 34.8. The van der Waals surface area contributed by atoms with Crippen molar-refractivity contribution in [2.45, 2.75) is 44.7 Å². The monoisotopic (exact) mass is 334 g/mol. The first-order chi connectivity index (χ1) is 11.4. The number of hydrogen-bond acceptors (Lipinski definition) is 5. The Morgan fingerprint density at radius 1 is 1.17 bits per heavy atom. The molecule has 2 aliphatic rings. The minimum atomic E-state index is -1.16. The number of methoxy groups -OCH3 is 1. The van der Waals surface area contributed by atoms with Crippen LogP contribution in [0.2, 0.25) is 0 Å². The van der Waals surface area contributed by atoms with Crippen LogP contribution >= 0.6 is 0 Å². The van der Waals surface area contributed by atoms with Crippen LogP contribution in [0.15, 0.2) is 24.3 Å². The Balaban J connectivity index is 1.84. The molecule has 6 atom stereocenters. The van der Waals surface area contributed by atoms with Crippen LogP contribution in [-0.2, 0) is 14.2 Å². The van der Waals surface area contributed by atoms with Gasteiger partial charge in [-0.1, -0.05) is 26.0 Å². The minimum Gasteiger partial charge on any atom is -0.478 e. The number of fused-ring (bicyclic) bond motifs is 2. The lowest BCUT2D eigenvalue weighted by molar-refractivity contribution is -0.179. The Bertz CT molecular complexity index is 642. The molecular weight excluding hydrogens is 312 g/mol. The zero-order valence-electron chi connectivity index (χ0n) is 14.0. The molecule has 3 rings (SSSR count). The predicted molar refractivity (Wildman–Crippen MR) is 85.0 cm³/mol. The summed E-state index contributed by atoms with van der Waals surface area (Å²) in [6.07, 6.45) is -0.124. The van der Waals surface area contributed by atoms with Gasteiger partial charge in [0.05, 0.1) is 23.3 Å². The van der Waals surface area contributed by atoms with Crippen molar-refractivity contribution >= 4 is 11.9 Å². The maximum Gasteiger partial charge on any atom is 0.339 e. The van der Waals surface area contributed by atoms with E-state index < -0.39 is 18.0 Å². The summed E-state index contributed by atoms with van der Waals surface area (Å²) in [5.41, 5.74) is -0.0282. The minimum absolute atomic E-state index is 0.0423. The van der Waals surface area contributed by atoms with E-state index in [4.69, 9.17) is 14.2 Å². The van der Waals surface area contributed by atoms with Crippen LogP contribution in [0.1, 0.15) is 41.0 Å². The second-order valence-corrected chi connectivity index (χ2v) is 6.63. The molecule has 3 unspecified atom stereocenters. The van der Waals surface area contributed by atoms with E-state index >= 15 is 0 Å². The lowest BCUT2D eigenvalue weighted by Crippen LogP contribution is -2.52. The van der Waals surface area contributed by atoms with Crippen molar-refractivity contribution < 1.29 is 28.9 Å². The Morgan fingerprint density at radius 3 is 2.46 bits per heavy atom. The summed E-state index contributed by atoms with van der Waals surface area (Å²) >= 11 is 0. The van der Waals surface area contributed by atoms with Crippen LogP contribution in [0.4, 0.5) is 0 Å². The number of hydrogen-bond donors (Lipinski definition) is 1. The van der Waals surface area contributed by atoms with E-state index in [0.29, 0.717) is 5.92 Å². The van der Waals surface area contributed by atoms with Gasteiger partial charge in [-0.2, -0.15) is 0 Å². The summed E-state index contributed by atoms with van der Waals surface area (Å²) in [7, 11) is 1.60. The van der Waals surface area contributed by atoms with Crippen molar-refractivity contribution in [2.24, 2.45) is 11.8 Å². The number of aromatic carboxylic acids is 1. The number of benzene rings is 1. The van der Waals surface area contributed by atoms with E-state index in [0.717, 1.165) is 6.42 Å². The molecule has 6 heteroatoms. The summed E-state index contributed by atoms with van der Waals surface area (Å²) < 4.78 is 17.3. The Labute approximate surface area is 140 Å². The molecule has 0 amide bonds. The molecule has 1 aromatic carbocycles. The van der Waals surface area contributed by atoms with Gasteiger partial charge in [-0.3, -0.25) is 0 Å². The van der Waals surface area contributed by atoms with E-state index in [2.05, 4.69) is 6.92 Å². The predicted octanol–water partition coefficient (Wildman–Crippen LogP) is 2.37. The number of carboxylic acids is 1. The van der Waals surface area contributed by atoms with Crippen LogP contribution < -0.4 is 0 Å². The number of carboxylic acid groups (broad SMARTS) is 1. The Morgan fingerprint density at radius 2 is 1.83 bits per heavy atom. The molecule has 0 aromatic heterocycles. The fourth-order valence-electron chi connectivity index (χ4n) is 3.97. The standard InChI is InChI=1S/C18H22O6/c1-9-8-13-16(15(22-3)10(2)14(9)23-13)24-18(21)12-7-5-4-6-11(12)17(19)20/h4-7,9-10,13-16H,8H2,1-3H3,(H,19,20)/t9?,10?,13-,14?,15-,16+/m1/s1. The third-order valence-corrected chi connectivity index (χ3v) is 5.12. The topological polar surface area (TPSA) is 82.1 Å². The first kappa shape index (κ1) is 16.9. The van der Waals surface area contributed by atoms with Crippen molar-refractivity contribution in [1.29, 1.82) is 0 Å². The molecule has 1 aromatic rings. The molecule has 2 heterocycles. The van der Waals surface area contributed by atoms with Gasteiger partial charge >= 0.3 is 11.9 Å². The summed E-state index contributed by atoms with van der Waals surface area (Å²) in [5.74, 6) is -1.35. The fraction of sp³-hybridized carbons (Fsp3) is 0.556. The van der Waals surface area contributed by atoms with Gasteiger partial charge in [-0.15, -0.1) is 0 Å². The summed E-state index contributed by atoms with van der Waals surface area (Å²) in [6.45, 7) is 4.15. The fourth-order valence-corrected chi connectivity index (χ4v) is 3.97. The van der Waals surface area contributed by atoms with Crippen molar-refractivity contribution in [3.63, 3.8) is 0 Å². The summed E-state index contributed by atoms with van der Waals surface area (Å²) in [6, 6.07) is 6.04. The van der Waals surface area contributed by atoms with Gasteiger partial charge in [0.1, 0.15) is 6.10 Å². The van der Waals surface area contributed by atoms with E-state index in [1.165, 1.54) is 12.1 Å². The highest BCUT2D eigenvalue weighted by molar-refractivity contribution is 6.02. The molecular formula is C18H22O6. The SMILES string of the molecule is CO[C@@H]1C(C)C2O[C@H](CC2C)[C@@H]1OC(=O)c1ccccc1C(=O)O. The maximum atomic E-state index is 12.6. The van der Waals surface area contributed by atoms with Gasteiger partial charge in [0.2, 0.25) is 0 Å². The number of rotatable bonds is 4. The second kappa shape index (κ2) is 6.53. The van der Waals surface area contributed by atoms with Crippen molar-refractivity contribution in [2.75, 3.05) is 7.11 Å². The lowest BCUT2D eigenvalue weighted by Gasteiger charge is -2.40. The summed E-state index contributed by atoms with van der Waals surface area (Å²) in [5, 5.41) is 9.24. The zero-order valence-corrected chi connectivity index (χ0v) is 14.0. The zero-order chi connectivity index (χ0) is 17.4. The molecule has 0 saturated carbocycles. The molecule has 2 fully saturated rings. The van der Waals surface area contributed by atoms with Crippen LogP contribution in [0.5, 0.6) is 0 Å². The molecule has 0 radical (unpaired) electrons. The number of esters is 1. The summed E-state index contributed by atoms with van der Waals surface area (Å²) in [4.78, 5) is 23.9. The number of ether oxygens (including phenoxy) is 3. The molecule has 1 N–H and O–H groups in total. The molecule has 0 spiro atoms. The first-order valence-corrected chi connectivity index (χ1v) is 8.15. The van der Waals surface area contributed by atoms with Crippen LogP contribution in [-0.4, -0.2) is 48.6 Å². The highest BCUT2D eigenvalue weighted by atomic mass is 16.6. The molecule has 2 aliphatic heterocycles. The van der Waals surface area contributed by atoms with Crippen molar-refractivity contribution in [3.8, 4) is 0 Å². The van der Waals surface area contributed by atoms with Crippen LogP contribution in [0.3, 0.4) is 0 Å². The molecule has 130 valence electrons. The van der Waals surface area contributed by atoms with E-state index in [-0.39, 0.29) is 35.4 Å². The molecule has 0 aliphatic carbocycles. The Kier molecular flexibility index (Phi) is 4.60. The van der Waals surface area contributed by atoms with Crippen LogP contribution in [0.25, 0.3) is 0 Å². The maximum absolute atomic E-state index is 12.6. The third kappa shape index (κ3) is 2.80. The highest BCUT2D eigenvalue weighted by Crippen LogP contribution is 2.42. The average molecular weight is 334 g/mol. The largest absolute Gasteiger partial charge is 0.478 e. The lowest BCUT2D eigenvalue weighted by atomic mass is 9.89. The van der Waals surface area contributed by atoms with E-state index in [1.807, 2.05) is 6.92 Å². The second-order valence-electron chi connectivity index (χ2n) is 6.63. The van der Waals surface area contributed by atoms with Gasteiger partial charge in [0.15, 0.2) is 6.10 Å². The Hall–Kier alpha value is -1.92. The highest BCUT2D eigenvalue weighted by Gasteiger charge is 2.52. The molecule has 24 heavy (non-hydrogen) atoms. The van der Waals surface area contributed by atoms with Gasteiger partial charge in [-0.05, 0) is 24.5 Å². The van der Waals surface area contributed by atoms with Crippen molar-refractivity contribution in [1.82, 2.24) is 0 Å². The molecule has 2 bridgehead atoms. The van der Waals surface area contributed by atoms with E-state index in [1.54, 1.807) is 19.2 Å². The van der Waals surface area contributed by atoms with Gasteiger partial charge < -0.3 is 19.3 Å². The molecule has 6 nitrogen and oxygen atoms in total. The average Bonchev–Trinajstić information content (AvgIpc) is 2.91. The van der Waals surface area contributed by atoms with Crippen LogP contribution in [0, 0.1) is 11.8 Å². The van der Waals surface area contributed by atoms with Gasteiger partial charge in [0, 0.05) is 13.0 Å². The quantitative estimate of drug-likeness (QED) is 0.851. The molecule has 2 saturated heterocycles. The van der Waals surface area contributed by atoms with Gasteiger partial charge in [-0.25, -0.2) is 9.59 Å². The van der Waals surface area contributed by atoms with Crippen molar-refractivity contribution in [3.05, 3.63) is 35.4 Å². The number of carbonyl (C=O) groups excluding carboxylic acids is 1. The number of carbonyl (C=O) groups is 2. The third-order valence-electron chi connectivity index (χ3n) is 5.12.